The van der Waals surface area contributed by atoms with E-state index in [4.69, 9.17) is 0 Å². The Morgan fingerprint density at radius 1 is 1.06 bits per heavy atom. The standard InChI is InChI=1S/C26H24F3N5O2/c1-3-20-12-24(31-15-30-20)34-25(13-21(14-35)33-34)32-22-9-17(8-7-16(22)2)10-23(36)18-5-4-6-19(11-18)26(27,28)29/h4-9,11-13,15,32,35H,3,10,14H2,1-2H3. The molecular formula is C26H24F3N5O2. The zero-order valence-electron chi connectivity index (χ0n) is 19.7. The molecule has 186 valence electrons. The minimum absolute atomic E-state index is 0.000984. The lowest BCUT2D eigenvalue weighted by molar-refractivity contribution is -0.137. The fourth-order valence-corrected chi connectivity index (χ4v) is 3.67. The van der Waals surface area contributed by atoms with Crippen molar-refractivity contribution in [1.82, 2.24) is 19.7 Å². The molecule has 0 amide bonds. The Bertz CT molecular complexity index is 1400. The van der Waals surface area contributed by atoms with Crippen molar-refractivity contribution in [1.29, 1.82) is 0 Å². The van der Waals surface area contributed by atoms with Crippen LogP contribution in [0.4, 0.5) is 24.7 Å². The highest BCUT2D eigenvalue weighted by Crippen LogP contribution is 2.30. The van der Waals surface area contributed by atoms with Gasteiger partial charge in [-0.25, -0.2) is 9.97 Å². The summed E-state index contributed by atoms with van der Waals surface area (Å²) in [6.45, 7) is 3.59. The summed E-state index contributed by atoms with van der Waals surface area (Å²) in [7, 11) is 0. The molecule has 0 atom stereocenters. The van der Waals surface area contributed by atoms with Crippen LogP contribution in [0.2, 0.25) is 0 Å². The molecule has 0 bridgehead atoms. The van der Waals surface area contributed by atoms with E-state index >= 15 is 0 Å². The fraction of sp³-hybridized carbons (Fsp3) is 0.231. The summed E-state index contributed by atoms with van der Waals surface area (Å²) in [6, 6.07) is 13.3. The van der Waals surface area contributed by atoms with Gasteiger partial charge in [0.1, 0.15) is 12.1 Å². The van der Waals surface area contributed by atoms with E-state index in [-0.39, 0.29) is 18.6 Å². The van der Waals surface area contributed by atoms with Gasteiger partial charge < -0.3 is 10.4 Å². The molecule has 4 aromatic rings. The SMILES string of the molecule is CCc1cc(-n2nc(CO)cc2Nc2cc(CC(=O)c3cccc(C(F)(F)F)c3)ccc2C)ncn1. The van der Waals surface area contributed by atoms with Crippen LogP contribution in [0.3, 0.4) is 0 Å². The van der Waals surface area contributed by atoms with Crippen LogP contribution in [-0.4, -0.2) is 30.6 Å². The zero-order chi connectivity index (χ0) is 25.9. The maximum absolute atomic E-state index is 13.0. The van der Waals surface area contributed by atoms with E-state index < -0.39 is 17.5 Å². The van der Waals surface area contributed by atoms with Crippen LogP contribution in [0.15, 0.2) is 60.9 Å². The van der Waals surface area contributed by atoms with Gasteiger partial charge in [0.2, 0.25) is 0 Å². The number of rotatable bonds is 8. The molecule has 0 saturated carbocycles. The number of nitrogens with one attached hydrogen (secondary N) is 1. The molecule has 0 aliphatic rings. The molecule has 2 aromatic carbocycles. The van der Waals surface area contributed by atoms with Crippen molar-refractivity contribution in [2.75, 3.05) is 5.32 Å². The van der Waals surface area contributed by atoms with E-state index in [1.54, 1.807) is 28.9 Å². The quantitative estimate of drug-likeness (QED) is 0.326. The highest BCUT2D eigenvalue weighted by atomic mass is 19.4. The normalized spacial score (nSPS) is 11.5. The summed E-state index contributed by atoms with van der Waals surface area (Å²) < 4.78 is 40.7. The number of Topliss-reactive ketones (excluding diaryl/α,β-unsaturated/α-hetero) is 1. The van der Waals surface area contributed by atoms with E-state index in [9.17, 15) is 23.1 Å². The number of anilines is 2. The van der Waals surface area contributed by atoms with Crippen molar-refractivity contribution in [2.24, 2.45) is 0 Å². The van der Waals surface area contributed by atoms with Crippen molar-refractivity contribution in [3.8, 4) is 5.82 Å². The number of hydrogen-bond acceptors (Lipinski definition) is 6. The van der Waals surface area contributed by atoms with Gasteiger partial charge in [-0.3, -0.25) is 4.79 Å². The maximum Gasteiger partial charge on any atom is 0.416 e. The monoisotopic (exact) mass is 495 g/mol. The first-order chi connectivity index (χ1) is 17.2. The van der Waals surface area contributed by atoms with Crippen molar-refractivity contribution >= 4 is 17.3 Å². The third-order valence-corrected chi connectivity index (χ3v) is 5.65. The van der Waals surface area contributed by atoms with Crippen molar-refractivity contribution in [3.05, 3.63) is 94.6 Å². The predicted octanol–water partition coefficient (Wildman–Crippen LogP) is 5.21. The number of aryl methyl sites for hydroxylation is 2. The fourth-order valence-electron chi connectivity index (χ4n) is 3.67. The Hall–Kier alpha value is -4.05. The first kappa shape index (κ1) is 25.1. The van der Waals surface area contributed by atoms with Crippen molar-refractivity contribution in [3.63, 3.8) is 0 Å². The molecule has 0 aliphatic heterocycles. The summed E-state index contributed by atoms with van der Waals surface area (Å²) in [5.41, 5.74) is 2.60. The number of carbonyl (C=O) groups excluding carboxylic acids is 1. The number of carbonyl (C=O) groups is 1. The molecule has 0 radical (unpaired) electrons. The minimum Gasteiger partial charge on any atom is -0.390 e. The molecule has 0 fully saturated rings. The number of hydrogen-bond donors (Lipinski definition) is 2. The lowest BCUT2D eigenvalue weighted by Crippen LogP contribution is -2.09. The molecule has 0 spiro atoms. The van der Waals surface area contributed by atoms with Crippen molar-refractivity contribution < 1.29 is 23.1 Å². The predicted molar refractivity (Wildman–Crippen MR) is 128 cm³/mol. The number of aliphatic hydroxyl groups is 1. The molecule has 2 aromatic heterocycles. The largest absolute Gasteiger partial charge is 0.416 e. The van der Waals surface area contributed by atoms with Crippen LogP contribution >= 0.6 is 0 Å². The lowest BCUT2D eigenvalue weighted by Gasteiger charge is -2.13. The van der Waals surface area contributed by atoms with Gasteiger partial charge in [-0.15, -0.1) is 0 Å². The molecule has 0 unspecified atom stereocenters. The summed E-state index contributed by atoms with van der Waals surface area (Å²) in [5.74, 6) is 0.651. The number of benzene rings is 2. The highest BCUT2D eigenvalue weighted by molar-refractivity contribution is 5.97. The topological polar surface area (TPSA) is 92.9 Å². The molecule has 4 rings (SSSR count). The van der Waals surface area contributed by atoms with Gasteiger partial charge in [-0.2, -0.15) is 23.0 Å². The minimum atomic E-state index is -4.52. The first-order valence-electron chi connectivity index (χ1n) is 11.3. The molecule has 7 nitrogen and oxygen atoms in total. The summed E-state index contributed by atoms with van der Waals surface area (Å²) in [6.07, 6.45) is -2.42. The summed E-state index contributed by atoms with van der Waals surface area (Å²) in [4.78, 5) is 21.2. The second-order valence-corrected chi connectivity index (χ2v) is 8.26. The number of nitrogens with zero attached hydrogens (tertiary/aromatic N) is 4. The first-order valence-corrected chi connectivity index (χ1v) is 11.3. The van der Waals surface area contributed by atoms with Crippen LogP contribution in [0.1, 0.15) is 45.4 Å². The third kappa shape index (κ3) is 5.60. The van der Waals surface area contributed by atoms with Gasteiger partial charge in [-0.05, 0) is 42.7 Å². The molecule has 10 heteroatoms. The number of halogens is 3. The van der Waals surface area contributed by atoms with Crippen LogP contribution in [0.5, 0.6) is 0 Å². The Morgan fingerprint density at radius 3 is 2.58 bits per heavy atom. The summed E-state index contributed by atoms with van der Waals surface area (Å²) >= 11 is 0. The molecule has 36 heavy (non-hydrogen) atoms. The van der Waals surface area contributed by atoms with Crippen molar-refractivity contribution in [2.45, 2.75) is 39.5 Å². The highest BCUT2D eigenvalue weighted by Gasteiger charge is 2.30. The molecule has 2 heterocycles. The van der Waals surface area contributed by atoms with E-state index in [1.165, 1.54) is 18.5 Å². The molecule has 2 N–H and O–H groups in total. The molecule has 0 saturated heterocycles. The zero-order valence-corrected chi connectivity index (χ0v) is 19.7. The number of aliphatic hydroxyl groups excluding tert-OH is 1. The number of alkyl halides is 3. The van der Waals surface area contributed by atoms with Gasteiger partial charge in [0.05, 0.1) is 17.9 Å². The number of aromatic nitrogens is 4. The van der Waals surface area contributed by atoms with Gasteiger partial charge in [0.25, 0.3) is 0 Å². The van der Waals surface area contributed by atoms with Crippen LogP contribution in [0.25, 0.3) is 5.82 Å². The second-order valence-electron chi connectivity index (χ2n) is 8.26. The van der Waals surface area contributed by atoms with E-state index in [2.05, 4.69) is 20.4 Å². The van der Waals surface area contributed by atoms with Gasteiger partial charge in [0.15, 0.2) is 11.6 Å². The van der Waals surface area contributed by atoms with E-state index in [0.717, 1.165) is 23.4 Å². The van der Waals surface area contributed by atoms with E-state index in [0.29, 0.717) is 35.0 Å². The molecule has 0 aliphatic carbocycles. The Morgan fingerprint density at radius 2 is 1.86 bits per heavy atom. The maximum atomic E-state index is 13.0. The lowest BCUT2D eigenvalue weighted by atomic mass is 9.99. The average Bonchev–Trinajstić information content (AvgIpc) is 3.28. The van der Waals surface area contributed by atoms with Crippen LogP contribution < -0.4 is 5.32 Å². The second kappa shape index (κ2) is 10.3. The van der Waals surface area contributed by atoms with Crippen LogP contribution in [0, 0.1) is 6.92 Å². The van der Waals surface area contributed by atoms with Gasteiger partial charge in [-0.1, -0.05) is 31.2 Å². The number of ketones is 1. The van der Waals surface area contributed by atoms with Crippen LogP contribution in [-0.2, 0) is 25.6 Å². The average molecular weight is 496 g/mol. The van der Waals surface area contributed by atoms with Gasteiger partial charge in [0, 0.05) is 35.5 Å². The Labute approximate surface area is 205 Å². The summed E-state index contributed by atoms with van der Waals surface area (Å²) in [5, 5.41) is 17.3. The Kier molecular flexibility index (Phi) is 7.16. The Balaban J connectivity index is 1.61. The van der Waals surface area contributed by atoms with E-state index in [1.807, 2.05) is 19.9 Å². The van der Waals surface area contributed by atoms with Gasteiger partial charge >= 0.3 is 6.18 Å². The molecular weight excluding hydrogens is 471 g/mol. The third-order valence-electron chi connectivity index (χ3n) is 5.65. The smallest absolute Gasteiger partial charge is 0.390 e.